The lowest BCUT2D eigenvalue weighted by Crippen LogP contribution is -2.38. The van der Waals surface area contributed by atoms with Gasteiger partial charge in [-0.2, -0.15) is 0 Å². The molecule has 11 heavy (non-hydrogen) atoms. The van der Waals surface area contributed by atoms with E-state index in [9.17, 15) is 9.59 Å². The van der Waals surface area contributed by atoms with Crippen LogP contribution in [0, 0.1) is 12.5 Å². The van der Waals surface area contributed by atoms with Crippen LogP contribution < -0.4 is 5.32 Å². The lowest BCUT2D eigenvalue weighted by molar-refractivity contribution is -0.138. The normalized spacial score (nSPS) is 10.9. The molecular formula is C6H7NO4. The second-order valence-electron chi connectivity index (χ2n) is 1.71. The third kappa shape index (κ3) is 3.81. The minimum absolute atomic E-state index is 0.942. The van der Waals surface area contributed by atoms with Crippen molar-refractivity contribution in [1.29, 1.82) is 0 Å². The number of carbonyl (C=O) groups is 2. The second-order valence-corrected chi connectivity index (χ2v) is 1.71. The van der Waals surface area contributed by atoms with Gasteiger partial charge in [-0.15, -0.1) is 0 Å². The zero-order valence-electron chi connectivity index (χ0n) is 5.83. The van der Waals surface area contributed by atoms with Crippen molar-refractivity contribution in [3.8, 4) is 12.5 Å². The van der Waals surface area contributed by atoms with Crippen molar-refractivity contribution < 1.29 is 19.4 Å². The van der Waals surface area contributed by atoms with E-state index in [0.717, 1.165) is 0 Å². The number of carboxylic acid groups (broad SMARTS) is 1. The molecule has 0 aliphatic carbocycles. The quantitative estimate of drug-likeness (QED) is 0.543. The van der Waals surface area contributed by atoms with E-state index in [0.29, 0.717) is 0 Å². The first kappa shape index (κ1) is 9.30. The Morgan fingerprint density at radius 3 is 2.64 bits per heavy atom. The average molecular weight is 157 g/mol. The second kappa shape index (κ2) is 4.17. The summed E-state index contributed by atoms with van der Waals surface area (Å²) in [5.74, 6) is -1.15. The van der Waals surface area contributed by atoms with Crippen LogP contribution in [0.2, 0.25) is 0 Å². The molecule has 0 radical (unpaired) electrons. The maximum atomic E-state index is 10.4. The molecule has 0 rings (SSSR count). The minimum atomic E-state index is -1.15. The van der Waals surface area contributed by atoms with Crippen LogP contribution in [-0.2, 0) is 9.53 Å². The van der Waals surface area contributed by atoms with Crippen LogP contribution in [0.1, 0.15) is 6.92 Å². The van der Waals surface area contributed by atoms with Gasteiger partial charge in [0.15, 0.2) is 0 Å². The molecule has 0 aliphatic rings. The molecule has 5 heteroatoms. The van der Waals surface area contributed by atoms with Crippen molar-refractivity contribution in [2.45, 2.75) is 13.0 Å². The molecule has 1 atom stereocenters. The molecule has 0 spiro atoms. The number of terminal acetylenes is 1. The van der Waals surface area contributed by atoms with Crippen molar-refractivity contribution in [2.75, 3.05) is 0 Å². The number of ether oxygens (including phenoxy) is 1. The summed E-state index contributed by atoms with van der Waals surface area (Å²) >= 11 is 0. The molecule has 0 aliphatic heterocycles. The van der Waals surface area contributed by atoms with Crippen LogP contribution in [0.25, 0.3) is 0 Å². The van der Waals surface area contributed by atoms with Crippen molar-refractivity contribution >= 4 is 12.1 Å². The van der Waals surface area contributed by atoms with Gasteiger partial charge in [-0.25, -0.2) is 4.79 Å². The standard InChI is InChI=1S/C6H7NO4/c1-3-11-6(10)7-4(2)5(8)9/h1,4H,2H3,(H,7,10)(H,8,9). The number of hydrogen-bond acceptors (Lipinski definition) is 3. The van der Waals surface area contributed by atoms with Crippen LogP contribution in [0.5, 0.6) is 0 Å². The molecule has 60 valence electrons. The fourth-order valence-corrected chi connectivity index (χ4v) is 0.321. The summed E-state index contributed by atoms with van der Waals surface area (Å²) in [6.45, 7) is 1.29. The van der Waals surface area contributed by atoms with Gasteiger partial charge in [0.2, 0.25) is 0 Å². The zero-order valence-corrected chi connectivity index (χ0v) is 5.83. The van der Waals surface area contributed by atoms with Crippen LogP contribution in [0.4, 0.5) is 4.79 Å². The molecule has 0 aromatic rings. The number of nitrogens with one attached hydrogen (secondary N) is 1. The fraction of sp³-hybridized carbons (Fsp3) is 0.333. The molecule has 0 saturated heterocycles. The Kier molecular flexibility index (Phi) is 3.52. The van der Waals surface area contributed by atoms with E-state index in [1.165, 1.54) is 6.92 Å². The van der Waals surface area contributed by atoms with Crippen molar-refractivity contribution in [1.82, 2.24) is 5.32 Å². The van der Waals surface area contributed by atoms with Gasteiger partial charge in [-0.05, 0) is 6.92 Å². The first-order chi connectivity index (χ1) is 5.07. The van der Waals surface area contributed by atoms with E-state index in [1.807, 2.05) is 5.32 Å². The maximum Gasteiger partial charge on any atom is 0.421 e. The maximum absolute atomic E-state index is 10.4. The summed E-state index contributed by atoms with van der Waals surface area (Å²) in [6, 6.07) is -1.00. The molecule has 0 fully saturated rings. The summed E-state index contributed by atoms with van der Waals surface area (Å²) < 4.78 is 3.98. The van der Waals surface area contributed by atoms with Gasteiger partial charge in [0.1, 0.15) is 12.1 Å². The highest BCUT2D eigenvalue weighted by Crippen LogP contribution is 1.82. The van der Waals surface area contributed by atoms with Crippen LogP contribution in [-0.4, -0.2) is 23.2 Å². The first-order valence-electron chi connectivity index (χ1n) is 2.73. The Bertz CT molecular complexity index is 205. The number of alkyl carbamates (subject to hydrolysis) is 1. The van der Waals surface area contributed by atoms with E-state index in [4.69, 9.17) is 5.11 Å². The SMILES string of the molecule is C#COC(=O)NC(C)C(=O)O. The largest absolute Gasteiger partial charge is 0.480 e. The van der Waals surface area contributed by atoms with Crippen molar-refractivity contribution in [3.63, 3.8) is 0 Å². The van der Waals surface area contributed by atoms with Crippen molar-refractivity contribution in [3.05, 3.63) is 0 Å². The summed E-state index contributed by atoms with van der Waals surface area (Å²) in [4.78, 5) is 20.5. The predicted octanol–water partition coefficient (Wildman–Crippen LogP) is -0.224. The Morgan fingerprint density at radius 1 is 1.73 bits per heavy atom. The van der Waals surface area contributed by atoms with Gasteiger partial charge in [0.25, 0.3) is 0 Å². The summed E-state index contributed by atoms with van der Waals surface area (Å²) in [5.41, 5.74) is 0. The van der Waals surface area contributed by atoms with E-state index >= 15 is 0 Å². The summed E-state index contributed by atoms with van der Waals surface area (Å²) in [6.07, 6.45) is 5.27. The molecule has 5 nitrogen and oxygen atoms in total. The lowest BCUT2D eigenvalue weighted by atomic mass is 10.4. The molecule has 1 unspecified atom stereocenters. The first-order valence-corrected chi connectivity index (χ1v) is 2.73. The van der Waals surface area contributed by atoms with Gasteiger partial charge in [0, 0.05) is 0 Å². The molecular weight excluding hydrogens is 150 g/mol. The highest BCUT2D eigenvalue weighted by molar-refractivity contribution is 5.79. The molecule has 2 N–H and O–H groups in total. The molecule has 0 aromatic carbocycles. The Balaban J connectivity index is 3.77. The molecule has 0 bridgehead atoms. The van der Waals surface area contributed by atoms with Gasteiger partial charge in [-0.3, -0.25) is 4.79 Å². The zero-order chi connectivity index (χ0) is 8.85. The summed E-state index contributed by atoms with van der Waals surface area (Å²) in [7, 11) is 0. The fourth-order valence-electron chi connectivity index (χ4n) is 0.321. The van der Waals surface area contributed by atoms with Crippen LogP contribution >= 0.6 is 0 Å². The molecule has 0 saturated carbocycles. The lowest BCUT2D eigenvalue weighted by Gasteiger charge is -2.05. The highest BCUT2D eigenvalue weighted by Gasteiger charge is 2.13. The third-order valence-corrected chi connectivity index (χ3v) is 0.856. The van der Waals surface area contributed by atoms with Gasteiger partial charge in [-0.1, -0.05) is 6.42 Å². The number of amides is 1. The van der Waals surface area contributed by atoms with E-state index < -0.39 is 18.1 Å². The summed E-state index contributed by atoms with van der Waals surface area (Å²) in [5, 5.41) is 10.3. The topological polar surface area (TPSA) is 75.6 Å². The average Bonchev–Trinajstić information content (AvgIpc) is 1.87. The smallest absolute Gasteiger partial charge is 0.421 e. The molecule has 0 heterocycles. The Morgan fingerprint density at radius 2 is 2.27 bits per heavy atom. The van der Waals surface area contributed by atoms with Crippen LogP contribution in [0.15, 0.2) is 0 Å². The van der Waals surface area contributed by atoms with Crippen LogP contribution in [0.3, 0.4) is 0 Å². The number of aliphatic carboxylic acids is 1. The van der Waals surface area contributed by atoms with E-state index in [-0.39, 0.29) is 0 Å². The highest BCUT2D eigenvalue weighted by atomic mass is 16.5. The van der Waals surface area contributed by atoms with E-state index in [2.05, 4.69) is 11.2 Å². The monoisotopic (exact) mass is 157 g/mol. The molecule has 0 aromatic heterocycles. The Hall–Kier alpha value is -1.70. The minimum Gasteiger partial charge on any atom is -0.480 e. The van der Waals surface area contributed by atoms with Crippen molar-refractivity contribution in [2.24, 2.45) is 0 Å². The molecule has 1 amide bonds. The number of rotatable bonds is 2. The Labute approximate surface area is 63.3 Å². The van der Waals surface area contributed by atoms with Gasteiger partial charge >= 0.3 is 12.1 Å². The number of hydrogen-bond donors (Lipinski definition) is 2. The predicted molar refractivity (Wildman–Crippen MR) is 35.5 cm³/mol. The van der Waals surface area contributed by atoms with Gasteiger partial charge < -0.3 is 15.2 Å². The van der Waals surface area contributed by atoms with Gasteiger partial charge in [0.05, 0.1) is 0 Å². The van der Waals surface area contributed by atoms with E-state index in [1.54, 1.807) is 6.11 Å². The number of carbonyl (C=O) groups excluding carboxylic acids is 1. The third-order valence-electron chi connectivity index (χ3n) is 0.856. The number of carboxylic acids is 1.